The topological polar surface area (TPSA) is 46.9 Å². The minimum Gasteiger partial charge on any atom is -0.322 e. The number of fused-ring (bicyclic) bond motifs is 1. The molecule has 5 aromatic rings. The van der Waals surface area contributed by atoms with E-state index < -0.39 is 0 Å². The lowest BCUT2D eigenvalue weighted by Gasteiger charge is -2.12. The number of anilines is 1. The second-order valence-electron chi connectivity index (χ2n) is 7.90. The summed E-state index contributed by atoms with van der Waals surface area (Å²) in [7, 11) is 0. The number of hydrogen-bond donors (Lipinski definition) is 1. The maximum absolute atomic E-state index is 13.6. The third-order valence-corrected chi connectivity index (χ3v) is 6.61. The molecule has 0 atom stereocenters. The summed E-state index contributed by atoms with van der Waals surface area (Å²) < 4.78 is 2.01. The van der Waals surface area contributed by atoms with Gasteiger partial charge in [-0.2, -0.15) is 0 Å². The molecule has 5 rings (SSSR count). The molecular weight excluding hydrogens is 414 g/mol. The Hall–Kier alpha value is -3.70. The first kappa shape index (κ1) is 20.2. The smallest absolute Gasteiger partial charge is 0.268 e. The van der Waals surface area contributed by atoms with E-state index in [9.17, 15) is 4.79 Å². The van der Waals surface area contributed by atoms with E-state index in [1.54, 1.807) is 0 Å². The molecule has 0 aliphatic carbocycles. The molecule has 0 radical (unpaired) electrons. The van der Waals surface area contributed by atoms with Crippen LogP contribution in [-0.4, -0.2) is 15.5 Å². The van der Waals surface area contributed by atoms with Gasteiger partial charge in [-0.05, 0) is 61.2 Å². The Morgan fingerprint density at radius 3 is 2.47 bits per heavy atom. The van der Waals surface area contributed by atoms with Crippen molar-refractivity contribution in [1.29, 1.82) is 0 Å². The molecule has 0 aliphatic rings. The van der Waals surface area contributed by atoms with E-state index in [0.29, 0.717) is 4.88 Å². The van der Waals surface area contributed by atoms with Crippen molar-refractivity contribution in [3.63, 3.8) is 0 Å². The molecule has 0 fully saturated rings. The average Bonchev–Trinajstić information content (AvgIpc) is 3.43. The molecule has 1 N–H and O–H groups in total. The highest BCUT2D eigenvalue weighted by Gasteiger charge is 2.22. The van der Waals surface area contributed by atoms with Gasteiger partial charge in [0.15, 0.2) is 0 Å². The highest BCUT2D eigenvalue weighted by atomic mass is 32.1. The number of aryl methyl sites for hydroxylation is 2. The van der Waals surface area contributed by atoms with E-state index in [4.69, 9.17) is 4.98 Å². The Morgan fingerprint density at radius 1 is 0.969 bits per heavy atom. The molecule has 5 heteroatoms. The maximum Gasteiger partial charge on any atom is 0.268 e. The van der Waals surface area contributed by atoms with Gasteiger partial charge in [0.05, 0.1) is 5.69 Å². The van der Waals surface area contributed by atoms with E-state index in [-0.39, 0.29) is 5.91 Å². The van der Waals surface area contributed by atoms with Crippen LogP contribution >= 0.6 is 11.3 Å². The second kappa shape index (κ2) is 8.44. The van der Waals surface area contributed by atoms with Crippen molar-refractivity contribution in [2.24, 2.45) is 0 Å². The molecule has 0 bridgehead atoms. The van der Waals surface area contributed by atoms with Crippen LogP contribution in [0.3, 0.4) is 0 Å². The number of pyridine rings is 1. The summed E-state index contributed by atoms with van der Waals surface area (Å²) >= 11 is 1.44. The molecule has 3 aromatic heterocycles. The van der Waals surface area contributed by atoms with Crippen LogP contribution in [0.1, 0.15) is 32.1 Å². The highest BCUT2D eigenvalue weighted by molar-refractivity contribution is 7.21. The fourth-order valence-electron chi connectivity index (χ4n) is 4.10. The highest BCUT2D eigenvalue weighted by Crippen LogP contribution is 2.36. The predicted molar refractivity (Wildman–Crippen MR) is 132 cm³/mol. The second-order valence-corrected chi connectivity index (χ2v) is 8.90. The number of benzene rings is 2. The number of nitrogens with one attached hydrogen (secondary N) is 1. The summed E-state index contributed by atoms with van der Waals surface area (Å²) in [5, 5.41) is 4.20. The number of carbonyl (C=O) groups excluding carboxylic acids is 1. The van der Waals surface area contributed by atoms with Crippen LogP contribution < -0.4 is 5.32 Å². The number of aromatic nitrogens is 2. The lowest BCUT2D eigenvalue weighted by atomic mass is 10.0. The molecule has 2 aromatic carbocycles. The molecule has 0 saturated heterocycles. The van der Waals surface area contributed by atoms with Gasteiger partial charge >= 0.3 is 0 Å². The van der Waals surface area contributed by atoms with E-state index in [0.717, 1.165) is 44.8 Å². The third-order valence-electron chi connectivity index (χ3n) is 5.53. The minimum absolute atomic E-state index is 0.116. The van der Waals surface area contributed by atoms with E-state index in [1.807, 2.05) is 72.4 Å². The van der Waals surface area contributed by atoms with Crippen molar-refractivity contribution < 1.29 is 4.79 Å². The van der Waals surface area contributed by atoms with E-state index >= 15 is 0 Å². The number of carbonyl (C=O) groups is 1. The molecular formula is C27H23N3OS. The first-order valence-corrected chi connectivity index (χ1v) is 11.4. The lowest BCUT2D eigenvalue weighted by Crippen LogP contribution is -2.14. The van der Waals surface area contributed by atoms with Gasteiger partial charge in [0, 0.05) is 29.2 Å². The molecule has 3 heterocycles. The van der Waals surface area contributed by atoms with Crippen LogP contribution in [0, 0.1) is 13.8 Å². The summed E-state index contributed by atoms with van der Waals surface area (Å²) in [6.07, 6.45) is 4.70. The molecule has 0 aliphatic heterocycles. The Labute approximate surface area is 191 Å². The molecule has 0 spiro atoms. The predicted octanol–water partition coefficient (Wildman–Crippen LogP) is 6.55. The van der Waals surface area contributed by atoms with Crippen LogP contribution in [0.2, 0.25) is 0 Å². The van der Waals surface area contributed by atoms with Gasteiger partial charge in [-0.1, -0.05) is 48.5 Å². The van der Waals surface area contributed by atoms with Crippen molar-refractivity contribution in [2.45, 2.75) is 20.3 Å². The first-order chi connectivity index (χ1) is 15.6. The first-order valence-electron chi connectivity index (χ1n) is 10.6. The van der Waals surface area contributed by atoms with Crippen molar-refractivity contribution in [3.8, 4) is 5.69 Å². The zero-order valence-corrected chi connectivity index (χ0v) is 18.8. The zero-order valence-electron chi connectivity index (χ0n) is 18.0. The number of amides is 1. The Morgan fingerprint density at radius 2 is 1.69 bits per heavy atom. The molecule has 0 saturated carbocycles. The summed E-state index contributed by atoms with van der Waals surface area (Å²) in [5.41, 5.74) is 6.09. The van der Waals surface area contributed by atoms with Gasteiger partial charge in [-0.3, -0.25) is 4.79 Å². The van der Waals surface area contributed by atoms with E-state index in [1.165, 1.54) is 16.9 Å². The van der Waals surface area contributed by atoms with Crippen LogP contribution in [0.25, 0.3) is 15.9 Å². The summed E-state index contributed by atoms with van der Waals surface area (Å²) in [5.74, 6) is -0.116. The summed E-state index contributed by atoms with van der Waals surface area (Å²) in [4.78, 5) is 19.8. The number of hydrogen-bond acceptors (Lipinski definition) is 3. The SMILES string of the molecule is Cc1cc(C)c2c(-n3cccc3)c(C(=O)Nc3ccccc3Cc3ccccc3)sc2n1. The fraction of sp³-hybridized carbons (Fsp3) is 0.111. The molecule has 158 valence electrons. The molecule has 32 heavy (non-hydrogen) atoms. The van der Waals surface area contributed by atoms with Crippen LogP contribution in [0.4, 0.5) is 5.69 Å². The lowest BCUT2D eigenvalue weighted by molar-refractivity contribution is 0.103. The number of nitrogens with zero attached hydrogens (tertiary/aromatic N) is 2. The quantitative estimate of drug-likeness (QED) is 0.339. The van der Waals surface area contributed by atoms with Crippen LogP contribution in [0.15, 0.2) is 85.2 Å². The normalized spacial score (nSPS) is 11.1. The van der Waals surface area contributed by atoms with Gasteiger partial charge in [0.1, 0.15) is 9.71 Å². The largest absolute Gasteiger partial charge is 0.322 e. The molecule has 1 amide bonds. The third kappa shape index (κ3) is 3.83. The van der Waals surface area contributed by atoms with Gasteiger partial charge in [-0.25, -0.2) is 4.98 Å². The molecule has 4 nitrogen and oxygen atoms in total. The fourth-order valence-corrected chi connectivity index (χ4v) is 5.29. The number of rotatable bonds is 5. The Kier molecular flexibility index (Phi) is 5.33. The number of thiophene rings is 1. The summed E-state index contributed by atoms with van der Waals surface area (Å²) in [6.45, 7) is 4.06. The average molecular weight is 438 g/mol. The van der Waals surface area contributed by atoms with Gasteiger partial charge < -0.3 is 9.88 Å². The van der Waals surface area contributed by atoms with Crippen LogP contribution in [-0.2, 0) is 6.42 Å². The van der Waals surface area contributed by atoms with Crippen molar-refractivity contribution in [3.05, 3.63) is 112 Å². The summed E-state index contributed by atoms with van der Waals surface area (Å²) in [6, 6.07) is 24.3. The Bertz CT molecular complexity index is 1400. The Balaban J connectivity index is 1.56. The van der Waals surface area contributed by atoms with Gasteiger partial charge in [-0.15, -0.1) is 11.3 Å². The standard InChI is InChI=1S/C27H23N3OS/c1-18-16-19(2)28-27-23(18)24(30-14-8-9-15-30)25(32-27)26(31)29-22-13-7-6-12-21(22)17-20-10-4-3-5-11-20/h3-16H,17H2,1-2H3,(H,29,31). The van der Waals surface area contributed by atoms with Crippen molar-refractivity contribution >= 4 is 33.1 Å². The van der Waals surface area contributed by atoms with Crippen LogP contribution in [0.5, 0.6) is 0 Å². The maximum atomic E-state index is 13.6. The van der Waals surface area contributed by atoms with Gasteiger partial charge in [0.2, 0.25) is 0 Å². The van der Waals surface area contributed by atoms with Gasteiger partial charge in [0.25, 0.3) is 5.91 Å². The van der Waals surface area contributed by atoms with Crippen molar-refractivity contribution in [1.82, 2.24) is 9.55 Å². The van der Waals surface area contributed by atoms with E-state index in [2.05, 4.69) is 36.5 Å². The zero-order chi connectivity index (χ0) is 22.1. The molecule has 0 unspecified atom stereocenters. The minimum atomic E-state index is -0.116. The monoisotopic (exact) mass is 437 g/mol. The van der Waals surface area contributed by atoms with Crippen molar-refractivity contribution in [2.75, 3.05) is 5.32 Å². The number of para-hydroxylation sites is 1.